The molecule has 6 aliphatic carbocycles. The number of fused-ring (bicyclic) bond motifs is 4. The Morgan fingerprint density at radius 3 is 1.45 bits per heavy atom. The first-order valence-corrected chi connectivity index (χ1v) is 9.24. The molecule has 8 aliphatic rings. The van der Waals surface area contributed by atoms with E-state index in [1.54, 1.807) is 0 Å². The second kappa shape index (κ2) is 2.65. The Morgan fingerprint density at radius 2 is 0.950 bits per heavy atom. The quantitative estimate of drug-likeness (QED) is 0.672. The maximum atomic E-state index is 6.71. The maximum absolute atomic E-state index is 6.71. The molecule has 8 fully saturated rings. The SMILES string of the molecule is C1C[C@@H]2O[C@H]3[C@H]4[C@@H]5[C@H]6[C@@H]7[C@@H](O[C@H]8CC[C@@H]([C@@H]36)[C@@H]78)[C@H]5[C@@H]1[C@H]42. The van der Waals surface area contributed by atoms with Gasteiger partial charge in [-0.1, -0.05) is 0 Å². The fraction of sp³-hybridized carbons (Fsp3) is 1.00. The first-order chi connectivity index (χ1) is 9.93. The Hall–Kier alpha value is -0.0800. The number of hydrogen-bond acceptors (Lipinski definition) is 2. The molecule has 0 bridgehead atoms. The van der Waals surface area contributed by atoms with E-state index in [1.165, 1.54) is 25.7 Å². The minimum absolute atomic E-state index is 0.663. The Kier molecular flexibility index (Phi) is 1.30. The number of ether oxygens (including phenoxy) is 2. The normalized spacial score (nSPS) is 82.8. The van der Waals surface area contributed by atoms with Crippen molar-refractivity contribution in [1.82, 2.24) is 0 Å². The van der Waals surface area contributed by atoms with E-state index in [0.29, 0.717) is 24.4 Å². The summed E-state index contributed by atoms with van der Waals surface area (Å²) >= 11 is 0. The third kappa shape index (κ3) is 0.695. The highest BCUT2D eigenvalue weighted by molar-refractivity contribution is 5.29. The van der Waals surface area contributed by atoms with E-state index in [0.717, 1.165) is 59.2 Å². The summed E-state index contributed by atoms with van der Waals surface area (Å²) in [6, 6.07) is 0. The van der Waals surface area contributed by atoms with E-state index in [1.807, 2.05) is 0 Å². The van der Waals surface area contributed by atoms with Crippen LogP contribution in [0.1, 0.15) is 25.7 Å². The molecule has 0 radical (unpaired) electrons. The van der Waals surface area contributed by atoms with Gasteiger partial charge in [0.25, 0.3) is 0 Å². The van der Waals surface area contributed by atoms with Crippen molar-refractivity contribution in [2.45, 2.75) is 50.1 Å². The molecule has 0 aromatic heterocycles. The van der Waals surface area contributed by atoms with Crippen molar-refractivity contribution in [3.8, 4) is 0 Å². The number of rotatable bonds is 0. The molecule has 106 valence electrons. The molecule has 0 N–H and O–H groups in total. The van der Waals surface area contributed by atoms with Gasteiger partial charge in [-0.2, -0.15) is 0 Å². The minimum atomic E-state index is 0.663. The molecule has 8 rings (SSSR count). The van der Waals surface area contributed by atoms with Gasteiger partial charge >= 0.3 is 0 Å². The second-order valence-electron chi connectivity index (χ2n) is 9.38. The maximum Gasteiger partial charge on any atom is 0.0647 e. The Morgan fingerprint density at radius 1 is 0.450 bits per heavy atom. The van der Waals surface area contributed by atoms with E-state index in [9.17, 15) is 0 Å². The fourth-order valence-corrected chi connectivity index (χ4v) is 10.0. The smallest absolute Gasteiger partial charge is 0.0647 e. The monoisotopic (exact) mass is 270 g/mol. The Bertz CT molecular complexity index is 494. The van der Waals surface area contributed by atoms with Crippen LogP contribution in [0.4, 0.5) is 0 Å². The first kappa shape index (κ1) is 9.84. The van der Waals surface area contributed by atoms with E-state index < -0.39 is 0 Å². The van der Waals surface area contributed by atoms with E-state index in [-0.39, 0.29) is 0 Å². The summed E-state index contributed by atoms with van der Waals surface area (Å²) in [6.07, 6.45) is 8.39. The van der Waals surface area contributed by atoms with Crippen molar-refractivity contribution in [2.75, 3.05) is 0 Å². The van der Waals surface area contributed by atoms with Gasteiger partial charge in [0.1, 0.15) is 0 Å². The lowest BCUT2D eigenvalue weighted by molar-refractivity contribution is -0.0316. The van der Waals surface area contributed by atoms with Crippen LogP contribution in [0.3, 0.4) is 0 Å². The molecule has 2 nitrogen and oxygen atoms in total. The van der Waals surface area contributed by atoms with Crippen LogP contribution in [0.5, 0.6) is 0 Å². The summed E-state index contributed by atoms with van der Waals surface area (Å²) < 4.78 is 13.4. The summed E-state index contributed by atoms with van der Waals surface area (Å²) in [6.45, 7) is 0. The van der Waals surface area contributed by atoms with Gasteiger partial charge < -0.3 is 9.47 Å². The van der Waals surface area contributed by atoms with Crippen LogP contribution in [0.2, 0.25) is 0 Å². The fourth-order valence-electron chi connectivity index (χ4n) is 10.0. The molecule has 2 heteroatoms. The van der Waals surface area contributed by atoms with Crippen LogP contribution in [0.15, 0.2) is 0 Å². The third-order valence-electron chi connectivity index (χ3n) is 9.70. The molecule has 6 saturated carbocycles. The van der Waals surface area contributed by atoms with Gasteiger partial charge in [-0.3, -0.25) is 0 Å². The topological polar surface area (TPSA) is 18.5 Å². The molecule has 20 heavy (non-hydrogen) atoms. The molecule has 2 heterocycles. The van der Waals surface area contributed by atoms with Crippen LogP contribution >= 0.6 is 0 Å². The summed E-state index contributed by atoms with van der Waals surface area (Å²) in [5, 5.41) is 0. The predicted octanol–water partition coefficient (Wildman–Crippen LogP) is 2.33. The molecular weight excluding hydrogens is 248 g/mol. The summed E-state index contributed by atoms with van der Waals surface area (Å²) in [4.78, 5) is 0. The largest absolute Gasteiger partial charge is 0.374 e. The van der Waals surface area contributed by atoms with Crippen molar-refractivity contribution in [2.24, 2.45) is 59.2 Å². The zero-order chi connectivity index (χ0) is 12.3. The average Bonchev–Trinajstić information content (AvgIpc) is 3.17. The van der Waals surface area contributed by atoms with Crippen molar-refractivity contribution < 1.29 is 9.47 Å². The van der Waals surface area contributed by atoms with Gasteiger partial charge in [0, 0.05) is 0 Å². The summed E-state index contributed by atoms with van der Waals surface area (Å²) in [7, 11) is 0. The zero-order valence-electron chi connectivity index (χ0n) is 11.7. The Labute approximate surface area is 119 Å². The van der Waals surface area contributed by atoms with Crippen molar-refractivity contribution in [1.29, 1.82) is 0 Å². The first-order valence-electron chi connectivity index (χ1n) is 9.24. The van der Waals surface area contributed by atoms with E-state index in [4.69, 9.17) is 9.47 Å². The van der Waals surface area contributed by atoms with E-state index >= 15 is 0 Å². The molecule has 0 aromatic rings. The van der Waals surface area contributed by atoms with Crippen molar-refractivity contribution in [3.05, 3.63) is 0 Å². The van der Waals surface area contributed by atoms with Gasteiger partial charge in [-0.25, -0.2) is 0 Å². The summed E-state index contributed by atoms with van der Waals surface area (Å²) in [5.41, 5.74) is 0. The van der Waals surface area contributed by atoms with Crippen LogP contribution in [0.25, 0.3) is 0 Å². The molecule has 2 saturated heterocycles. The lowest BCUT2D eigenvalue weighted by Gasteiger charge is -2.25. The van der Waals surface area contributed by atoms with Gasteiger partial charge in [0.2, 0.25) is 0 Å². The van der Waals surface area contributed by atoms with Crippen molar-refractivity contribution in [3.63, 3.8) is 0 Å². The molecule has 14 atom stereocenters. The molecule has 2 aliphatic heterocycles. The van der Waals surface area contributed by atoms with Crippen LogP contribution < -0.4 is 0 Å². The van der Waals surface area contributed by atoms with Gasteiger partial charge in [-0.15, -0.1) is 0 Å². The lowest BCUT2D eigenvalue weighted by Crippen LogP contribution is -2.28. The van der Waals surface area contributed by atoms with E-state index in [2.05, 4.69) is 0 Å². The zero-order valence-corrected chi connectivity index (χ0v) is 11.7. The van der Waals surface area contributed by atoms with Crippen molar-refractivity contribution >= 4 is 0 Å². The molecule has 0 aromatic carbocycles. The molecule has 0 unspecified atom stereocenters. The second-order valence-corrected chi connectivity index (χ2v) is 9.38. The third-order valence-corrected chi connectivity index (χ3v) is 9.70. The standard InChI is InChI=1S/C18H22O2/c1-3-7-9-5(1)11-13-14-12(18(19-7)15(9)13)6-2-4-8-10(6)16(14)17(11)20-8/h5-18H,1-4H2/t5-,6+,7-,8-,9-,10+,11-,12+,13-,14-,15+,16+,17-,18+/m0/s1. The molecule has 0 amide bonds. The van der Waals surface area contributed by atoms with Gasteiger partial charge in [0.05, 0.1) is 24.4 Å². The van der Waals surface area contributed by atoms with Crippen LogP contribution in [0, 0.1) is 59.2 Å². The average molecular weight is 270 g/mol. The van der Waals surface area contributed by atoms with Crippen LogP contribution in [-0.2, 0) is 9.47 Å². The highest BCUT2D eigenvalue weighted by atomic mass is 16.5. The Balaban J connectivity index is 1.43. The highest BCUT2D eigenvalue weighted by Crippen LogP contribution is 2.81. The van der Waals surface area contributed by atoms with Gasteiger partial charge in [0.15, 0.2) is 0 Å². The van der Waals surface area contributed by atoms with Gasteiger partial charge in [-0.05, 0) is 84.9 Å². The van der Waals surface area contributed by atoms with Crippen LogP contribution in [-0.4, -0.2) is 24.4 Å². The number of hydrogen-bond donors (Lipinski definition) is 0. The minimum Gasteiger partial charge on any atom is -0.374 e. The molecular formula is C18H22O2. The lowest BCUT2D eigenvalue weighted by atomic mass is 9.79. The highest BCUT2D eigenvalue weighted by Gasteiger charge is 2.82. The molecule has 0 spiro atoms. The summed E-state index contributed by atoms with van der Waals surface area (Å²) in [5.74, 6) is 9.86. The predicted molar refractivity (Wildman–Crippen MR) is 70.7 cm³/mol.